The Labute approximate surface area is 111 Å². The minimum absolute atomic E-state index is 0.203. The highest BCUT2D eigenvalue weighted by Gasteiger charge is 2.06. The van der Waals surface area contributed by atoms with Crippen molar-refractivity contribution in [3.63, 3.8) is 0 Å². The van der Waals surface area contributed by atoms with E-state index >= 15 is 0 Å². The second-order valence-corrected chi connectivity index (χ2v) is 4.85. The highest BCUT2D eigenvalue weighted by molar-refractivity contribution is 5.20. The van der Waals surface area contributed by atoms with Crippen molar-refractivity contribution in [2.75, 3.05) is 6.61 Å². The van der Waals surface area contributed by atoms with Crippen molar-refractivity contribution in [2.24, 2.45) is 11.7 Å². The van der Waals surface area contributed by atoms with Crippen LogP contribution in [0.4, 0.5) is 0 Å². The van der Waals surface area contributed by atoms with E-state index in [9.17, 15) is 0 Å². The van der Waals surface area contributed by atoms with E-state index in [1.165, 1.54) is 0 Å². The summed E-state index contributed by atoms with van der Waals surface area (Å²) in [4.78, 5) is 4.39. The fraction of sp³-hybridized carbons (Fsp3) is 0.667. The molecule has 102 valence electrons. The molecule has 18 heavy (non-hydrogen) atoms. The summed E-state index contributed by atoms with van der Waals surface area (Å²) in [6, 6.07) is 4.21. The average Bonchev–Trinajstić information content (AvgIpc) is 2.41. The van der Waals surface area contributed by atoms with Gasteiger partial charge in [-0.05, 0) is 24.5 Å². The van der Waals surface area contributed by atoms with Gasteiger partial charge in [0, 0.05) is 18.2 Å². The Kier molecular flexibility index (Phi) is 6.73. The maximum Gasteiger partial charge on any atom is 0.137 e. The summed E-state index contributed by atoms with van der Waals surface area (Å²) in [7, 11) is 0. The van der Waals surface area contributed by atoms with Gasteiger partial charge in [-0.3, -0.25) is 4.98 Å². The molecule has 0 aliphatic rings. The Bertz CT molecular complexity index is 320. The molecule has 1 aromatic rings. The van der Waals surface area contributed by atoms with Gasteiger partial charge >= 0.3 is 0 Å². The zero-order valence-electron chi connectivity index (χ0n) is 11.9. The number of nitrogens with zero attached hydrogens (tertiary/aromatic N) is 1. The Morgan fingerprint density at radius 1 is 1.17 bits per heavy atom. The summed E-state index contributed by atoms with van der Waals surface area (Å²) in [6.07, 6.45) is 5.94. The lowest BCUT2D eigenvalue weighted by Gasteiger charge is -2.14. The first-order valence-electron chi connectivity index (χ1n) is 7.02. The first-order valence-corrected chi connectivity index (χ1v) is 7.02. The van der Waals surface area contributed by atoms with E-state index in [2.05, 4.69) is 25.8 Å². The smallest absolute Gasteiger partial charge is 0.137 e. The zero-order valence-corrected chi connectivity index (χ0v) is 11.9. The highest BCUT2D eigenvalue weighted by Crippen LogP contribution is 2.14. The van der Waals surface area contributed by atoms with Gasteiger partial charge in [-0.15, -0.1) is 0 Å². The third-order valence-corrected chi connectivity index (χ3v) is 3.43. The van der Waals surface area contributed by atoms with Crippen LogP contribution in [0.5, 0.6) is 5.75 Å². The van der Waals surface area contributed by atoms with Gasteiger partial charge in [0.05, 0.1) is 12.8 Å². The van der Waals surface area contributed by atoms with Crippen LogP contribution in [0.25, 0.3) is 0 Å². The first-order chi connectivity index (χ1) is 8.69. The molecule has 0 aliphatic carbocycles. The normalized spacial score (nSPS) is 12.7. The van der Waals surface area contributed by atoms with Crippen LogP contribution in [0.3, 0.4) is 0 Å². The van der Waals surface area contributed by atoms with Crippen LogP contribution >= 0.6 is 0 Å². The van der Waals surface area contributed by atoms with E-state index in [4.69, 9.17) is 10.5 Å². The number of ether oxygens (including phenoxy) is 1. The molecule has 3 heteroatoms. The molecular weight excluding hydrogens is 224 g/mol. The van der Waals surface area contributed by atoms with E-state index in [-0.39, 0.29) is 6.04 Å². The number of nitrogens with two attached hydrogens (primary N) is 1. The largest absolute Gasteiger partial charge is 0.492 e. The van der Waals surface area contributed by atoms with Gasteiger partial charge in [-0.1, -0.05) is 33.6 Å². The third kappa shape index (κ3) is 5.05. The predicted molar refractivity (Wildman–Crippen MR) is 75.8 cm³/mol. The summed E-state index contributed by atoms with van der Waals surface area (Å²) in [5, 5.41) is 0. The molecule has 1 aromatic heterocycles. The van der Waals surface area contributed by atoms with Crippen molar-refractivity contribution in [2.45, 2.75) is 52.5 Å². The van der Waals surface area contributed by atoms with Crippen molar-refractivity contribution in [3.05, 3.63) is 24.0 Å². The minimum Gasteiger partial charge on any atom is -0.492 e. The number of aromatic nitrogens is 1. The Hall–Kier alpha value is -1.09. The lowest BCUT2D eigenvalue weighted by Crippen LogP contribution is -2.21. The molecule has 2 N–H and O–H groups in total. The summed E-state index contributed by atoms with van der Waals surface area (Å²) in [5.74, 6) is 1.49. The quantitative estimate of drug-likeness (QED) is 0.771. The third-order valence-electron chi connectivity index (χ3n) is 3.43. The molecule has 1 atom stereocenters. The van der Waals surface area contributed by atoms with Gasteiger partial charge < -0.3 is 10.5 Å². The number of hydrogen-bond acceptors (Lipinski definition) is 3. The molecule has 0 amide bonds. The van der Waals surface area contributed by atoms with E-state index in [1.54, 1.807) is 6.20 Å². The van der Waals surface area contributed by atoms with E-state index in [0.29, 0.717) is 5.92 Å². The van der Waals surface area contributed by atoms with Gasteiger partial charge in [0.2, 0.25) is 0 Å². The lowest BCUT2D eigenvalue weighted by atomic mass is 10.1. The number of hydrogen-bond donors (Lipinski definition) is 1. The van der Waals surface area contributed by atoms with E-state index in [0.717, 1.165) is 43.7 Å². The summed E-state index contributed by atoms with van der Waals surface area (Å²) in [5.41, 5.74) is 6.95. The molecule has 0 aliphatic heterocycles. The summed E-state index contributed by atoms with van der Waals surface area (Å²) in [6.45, 7) is 7.27. The monoisotopic (exact) mass is 250 g/mol. The Morgan fingerprint density at radius 2 is 1.89 bits per heavy atom. The predicted octanol–water partition coefficient (Wildman–Crippen LogP) is 3.18. The van der Waals surface area contributed by atoms with Gasteiger partial charge in [0.1, 0.15) is 5.75 Å². The van der Waals surface area contributed by atoms with Crippen LogP contribution < -0.4 is 10.5 Å². The zero-order chi connectivity index (χ0) is 13.4. The van der Waals surface area contributed by atoms with Crippen LogP contribution in [-0.4, -0.2) is 17.6 Å². The Balaban J connectivity index is 2.45. The van der Waals surface area contributed by atoms with Crippen LogP contribution in [0, 0.1) is 5.92 Å². The lowest BCUT2D eigenvalue weighted by molar-refractivity contribution is 0.240. The maximum absolute atomic E-state index is 5.91. The van der Waals surface area contributed by atoms with Gasteiger partial charge in [-0.2, -0.15) is 0 Å². The highest BCUT2D eigenvalue weighted by atomic mass is 16.5. The maximum atomic E-state index is 5.91. The summed E-state index contributed by atoms with van der Waals surface area (Å²) < 4.78 is 5.74. The van der Waals surface area contributed by atoms with Crippen molar-refractivity contribution < 1.29 is 4.74 Å². The van der Waals surface area contributed by atoms with Crippen molar-refractivity contribution >= 4 is 0 Å². The molecule has 0 fully saturated rings. The van der Waals surface area contributed by atoms with Crippen molar-refractivity contribution in [1.82, 2.24) is 4.98 Å². The fourth-order valence-corrected chi connectivity index (χ4v) is 1.77. The van der Waals surface area contributed by atoms with Crippen LogP contribution in [0.2, 0.25) is 0 Å². The first kappa shape index (κ1) is 15.0. The topological polar surface area (TPSA) is 48.1 Å². The molecule has 0 saturated carbocycles. The second kappa shape index (κ2) is 8.09. The molecule has 3 nitrogen and oxygen atoms in total. The van der Waals surface area contributed by atoms with Gasteiger partial charge in [0.25, 0.3) is 0 Å². The molecular formula is C15H26N2O. The number of rotatable bonds is 8. The van der Waals surface area contributed by atoms with Crippen molar-refractivity contribution in [1.29, 1.82) is 0 Å². The van der Waals surface area contributed by atoms with E-state index < -0.39 is 0 Å². The van der Waals surface area contributed by atoms with Crippen LogP contribution in [0.1, 0.15) is 45.7 Å². The average molecular weight is 250 g/mol. The van der Waals surface area contributed by atoms with Crippen LogP contribution in [0.15, 0.2) is 18.3 Å². The van der Waals surface area contributed by atoms with Gasteiger partial charge in [-0.25, -0.2) is 0 Å². The molecule has 0 radical (unpaired) electrons. The van der Waals surface area contributed by atoms with Crippen molar-refractivity contribution in [3.8, 4) is 5.75 Å². The number of pyridine rings is 1. The molecule has 0 bridgehead atoms. The molecule has 1 unspecified atom stereocenters. The minimum atomic E-state index is 0.203. The molecule has 0 saturated heterocycles. The standard InChI is InChI=1S/C15H26N2O/c1-4-12(5-2)11-18-15-8-7-14(17-10-15)9-13(16)6-3/h7-8,10,12-13H,4-6,9,11,16H2,1-3H3. The second-order valence-electron chi connectivity index (χ2n) is 4.85. The van der Waals surface area contributed by atoms with Crippen LogP contribution in [-0.2, 0) is 6.42 Å². The van der Waals surface area contributed by atoms with Gasteiger partial charge in [0.15, 0.2) is 0 Å². The molecule has 0 spiro atoms. The fourth-order valence-electron chi connectivity index (χ4n) is 1.77. The molecule has 1 rings (SSSR count). The molecule has 1 heterocycles. The Morgan fingerprint density at radius 3 is 2.39 bits per heavy atom. The SMILES string of the molecule is CCC(N)Cc1ccc(OCC(CC)CC)cn1. The summed E-state index contributed by atoms with van der Waals surface area (Å²) >= 11 is 0. The van der Waals surface area contributed by atoms with E-state index in [1.807, 2.05) is 12.1 Å². The molecule has 0 aromatic carbocycles.